The molecule has 0 bridgehead atoms. The zero-order chi connectivity index (χ0) is 14.9. The molecule has 112 valence electrons. The summed E-state index contributed by atoms with van der Waals surface area (Å²) in [6.07, 6.45) is 4.92. The zero-order valence-electron chi connectivity index (χ0n) is 13.0. The first-order valence-corrected chi connectivity index (χ1v) is 7.64. The highest BCUT2D eigenvalue weighted by atomic mass is 15.1. The summed E-state index contributed by atoms with van der Waals surface area (Å²) in [5, 5.41) is 3.49. The van der Waals surface area contributed by atoms with Crippen LogP contribution in [-0.2, 0) is 19.6 Å². The Morgan fingerprint density at radius 3 is 2.57 bits per heavy atom. The average molecular weight is 283 g/mol. The summed E-state index contributed by atoms with van der Waals surface area (Å²) in [5.74, 6) is 0. The molecule has 0 saturated carbocycles. The van der Waals surface area contributed by atoms with Crippen LogP contribution in [0.3, 0.4) is 0 Å². The number of hydrogen-bond acceptors (Lipinski definition) is 3. The van der Waals surface area contributed by atoms with Crippen molar-refractivity contribution in [3.05, 3.63) is 65.5 Å². The van der Waals surface area contributed by atoms with E-state index in [1.807, 2.05) is 18.5 Å². The first-order chi connectivity index (χ1) is 10.3. The van der Waals surface area contributed by atoms with Gasteiger partial charge < -0.3 is 5.32 Å². The number of pyridine rings is 1. The Labute approximate surface area is 128 Å². The average Bonchev–Trinajstić information content (AvgIpc) is 2.50. The normalized spacial score (nSPS) is 11.0. The SMILES string of the molecule is CCCNCc1ccccc1CN(C)Cc1cccnc1. The van der Waals surface area contributed by atoms with Crippen LogP contribution in [0, 0.1) is 0 Å². The van der Waals surface area contributed by atoms with Crippen LogP contribution in [0.1, 0.15) is 30.0 Å². The molecule has 0 amide bonds. The lowest BCUT2D eigenvalue weighted by Crippen LogP contribution is -2.20. The number of nitrogens with zero attached hydrogens (tertiary/aromatic N) is 2. The summed E-state index contributed by atoms with van der Waals surface area (Å²) in [7, 11) is 2.16. The third-order valence-corrected chi connectivity index (χ3v) is 3.48. The van der Waals surface area contributed by atoms with Gasteiger partial charge >= 0.3 is 0 Å². The van der Waals surface area contributed by atoms with Gasteiger partial charge in [0.1, 0.15) is 0 Å². The molecule has 0 aliphatic carbocycles. The van der Waals surface area contributed by atoms with Crippen molar-refractivity contribution in [2.45, 2.75) is 33.0 Å². The third kappa shape index (κ3) is 5.29. The fraction of sp³-hybridized carbons (Fsp3) is 0.389. The van der Waals surface area contributed by atoms with E-state index in [2.05, 4.69) is 59.5 Å². The van der Waals surface area contributed by atoms with Gasteiger partial charge in [-0.1, -0.05) is 37.3 Å². The van der Waals surface area contributed by atoms with E-state index in [9.17, 15) is 0 Å². The summed E-state index contributed by atoms with van der Waals surface area (Å²) in [4.78, 5) is 6.50. The predicted octanol–water partition coefficient (Wildman–Crippen LogP) is 3.21. The van der Waals surface area contributed by atoms with Crippen molar-refractivity contribution in [1.82, 2.24) is 15.2 Å². The van der Waals surface area contributed by atoms with E-state index < -0.39 is 0 Å². The van der Waals surface area contributed by atoms with Crippen LogP contribution in [0.15, 0.2) is 48.8 Å². The van der Waals surface area contributed by atoms with E-state index in [1.165, 1.54) is 23.1 Å². The molecule has 1 heterocycles. The van der Waals surface area contributed by atoms with Crippen LogP contribution in [0.4, 0.5) is 0 Å². The Balaban J connectivity index is 1.95. The minimum absolute atomic E-state index is 0.921. The molecule has 0 aliphatic rings. The number of nitrogens with one attached hydrogen (secondary N) is 1. The van der Waals surface area contributed by atoms with Crippen molar-refractivity contribution in [3.8, 4) is 0 Å². The van der Waals surface area contributed by atoms with E-state index in [-0.39, 0.29) is 0 Å². The highest BCUT2D eigenvalue weighted by molar-refractivity contribution is 5.27. The van der Waals surface area contributed by atoms with Gasteiger partial charge in [0.15, 0.2) is 0 Å². The minimum atomic E-state index is 0.921. The highest BCUT2D eigenvalue weighted by Gasteiger charge is 2.06. The summed E-state index contributed by atoms with van der Waals surface area (Å²) >= 11 is 0. The van der Waals surface area contributed by atoms with Crippen LogP contribution in [0.2, 0.25) is 0 Å². The Morgan fingerprint density at radius 1 is 1.05 bits per heavy atom. The van der Waals surface area contributed by atoms with E-state index >= 15 is 0 Å². The summed E-state index contributed by atoms with van der Waals surface area (Å²) in [5.41, 5.74) is 4.04. The molecule has 0 atom stereocenters. The molecule has 0 spiro atoms. The molecule has 3 nitrogen and oxygen atoms in total. The standard InChI is InChI=1S/C18H25N3/c1-3-10-19-13-17-8-4-5-9-18(17)15-21(2)14-16-7-6-11-20-12-16/h4-9,11-12,19H,3,10,13-15H2,1-2H3. The Hall–Kier alpha value is -1.71. The largest absolute Gasteiger partial charge is 0.313 e. The molecule has 0 fully saturated rings. The van der Waals surface area contributed by atoms with Gasteiger partial charge in [0, 0.05) is 32.0 Å². The van der Waals surface area contributed by atoms with Crippen LogP contribution >= 0.6 is 0 Å². The van der Waals surface area contributed by atoms with Crippen molar-refractivity contribution >= 4 is 0 Å². The fourth-order valence-electron chi connectivity index (χ4n) is 2.43. The monoisotopic (exact) mass is 283 g/mol. The van der Waals surface area contributed by atoms with E-state index in [4.69, 9.17) is 0 Å². The molecule has 1 aromatic carbocycles. The summed E-state index contributed by atoms with van der Waals surface area (Å²) < 4.78 is 0. The van der Waals surface area contributed by atoms with Crippen LogP contribution < -0.4 is 5.32 Å². The molecule has 0 saturated heterocycles. The molecule has 1 N–H and O–H groups in total. The highest BCUT2D eigenvalue weighted by Crippen LogP contribution is 2.12. The van der Waals surface area contributed by atoms with Gasteiger partial charge in [-0.15, -0.1) is 0 Å². The lowest BCUT2D eigenvalue weighted by Gasteiger charge is -2.19. The molecule has 0 aliphatic heterocycles. The first-order valence-electron chi connectivity index (χ1n) is 7.64. The third-order valence-electron chi connectivity index (χ3n) is 3.48. The molecule has 0 unspecified atom stereocenters. The Morgan fingerprint density at radius 2 is 1.86 bits per heavy atom. The van der Waals surface area contributed by atoms with Gasteiger partial charge in [-0.2, -0.15) is 0 Å². The lowest BCUT2D eigenvalue weighted by atomic mass is 10.1. The van der Waals surface area contributed by atoms with Crippen molar-refractivity contribution in [3.63, 3.8) is 0 Å². The number of benzene rings is 1. The van der Waals surface area contributed by atoms with Crippen LogP contribution in [-0.4, -0.2) is 23.5 Å². The Bertz CT molecular complexity index is 525. The topological polar surface area (TPSA) is 28.2 Å². The molecular formula is C18H25N3. The van der Waals surface area contributed by atoms with Gasteiger partial charge in [0.2, 0.25) is 0 Å². The molecule has 1 aromatic heterocycles. The summed E-state index contributed by atoms with van der Waals surface area (Å²) in [6, 6.07) is 12.8. The molecule has 0 radical (unpaired) electrons. The lowest BCUT2D eigenvalue weighted by molar-refractivity contribution is 0.317. The second-order valence-electron chi connectivity index (χ2n) is 5.48. The molecule has 21 heavy (non-hydrogen) atoms. The van der Waals surface area contributed by atoms with Crippen molar-refractivity contribution in [1.29, 1.82) is 0 Å². The van der Waals surface area contributed by atoms with Gasteiger partial charge in [0.25, 0.3) is 0 Å². The van der Waals surface area contributed by atoms with E-state index in [1.54, 1.807) is 0 Å². The predicted molar refractivity (Wildman–Crippen MR) is 87.8 cm³/mol. The maximum Gasteiger partial charge on any atom is 0.0312 e. The maximum absolute atomic E-state index is 4.18. The summed E-state index contributed by atoms with van der Waals surface area (Å²) in [6.45, 7) is 6.09. The number of rotatable bonds is 8. The van der Waals surface area contributed by atoms with Gasteiger partial charge in [-0.3, -0.25) is 9.88 Å². The van der Waals surface area contributed by atoms with Crippen LogP contribution in [0.5, 0.6) is 0 Å². The number of hydrogen-bond donors (Lipinski definition) is 1. The Kier molecular flexibility index (Phi) is 6.38. The second-order valence-corrected chi connectivity index (χ2v) is 5.48. The zero-order valence-corrected chi connectivity index (χ0v) is 13.0. The van der Waals surface area contributed by atoms with Crippen molar-refractivity contribution in [2.75, 3.05) is 13.6 Å². The van der Waals surface area contributed by atoms with Crippen molar-refractivity contribution in [2.24, 2.45) is 0 Å². The molecular weight excluding hydrogens is 258 g/mol. The van der Waals surface area contributed by atoms with E-state index in [0.717, 1.165) is 26.2 Å². The molecule has 2 aromatic rings. The van der Waals surface area contributed by atoms with Gasteiger partial charge in [-0.25, -0.2) is 0 Å². The molecule has 2 rings (SSSR count). The number of aromatic nitrogens is 1. The maximum atomic E-state index is 4.18. The van der Waals surface area contributed by atoms with Gasteiger partial charge in [0.05, 0.1) is 0 Å². The first kappa shape index (κ1) is 15.7. The van der Waals surface area contributed by atoms with Crippen LogP contribution in [0.25, 0.3) is 0 Å². The van der Waals surface area contributed by atoms with Gasteiger partial charge in [-0.05, 0) is 42.8 Å². The molecule has 3 heteroatoms. The van der Waals surface area contributed by atoms with E-state index in [0.29, 0.717) is 0 Å². The smallest absolute Gasteiger partial charge is 0.0312 e. The second kappa shape index (κ2) is 8.55. The fourth-order valence-corrected chi connectivity index (χ4v) is 2.43. The van der Waals surface area contributed by atoms with Crippen molar-refractivity contribution < 1.29 is 0 Å². The minimum Gasteiger partial charge on any atom is -0.313 e. The quantitative estimate of drug-likeness (QED) is 0.754.